The highest BCUT2D eigenvalue weighted by atomic mass is 16.2. The number of likely N-dealkylation sites (tertiary alicyclic amines) is 1. The molecule has 2 aromatic rings. The van der Waals surface area contributed by atoms with E-state index in [1.807, 2.05) is 41.3 Å². The first-order valence-electron chi connectivity index (χ1n) is 10.7. The Morgan fingerprint density at radius 3 is 2.58 bits per heavy atom. The van der Waals surface area contributed by atoms with Gasteiger partial charge >= 0.3 is 0 Å². The molecule has 3 atom stereocenters. The van der Waals surface area contributed by atoms with Gasteiger partial charge in [-0.3, -0.25) is 14.6 Å². The van der Waals surface area contributed by atoms with E-state index in [-0.39, 0.29) is 18.4 Å². The second-order valence-electron chi connectivity index (χ2n) is 8.27. The summed E-state index contributed by atoms with van der Waals surface area (Å²) in [7, 11) is 0. The van der Waals surface area contributed by atoms with Gasteiger partial charge in [0.15, 0.2) is 0 Å². The van der Waals surface area contributed by atoms with E-state index in [9.17, 15) is 9.59 Å². The van der Waals surface area contributed by atoms with Crippen molar-refractivity contribution in [1.29, 1.82) is 0 Å². The zero-order chi connectivity index (χ0) is 21.8. The standard InChI is InChI=1S/C25H28N4O2/c26-22(17-23(30)29-16-6-11-21(29)18-7-2-1-3-8-18)25(12-14-28-15-13-25)20-10-5-4-9-19(20)24(27)31/h1-5,7-10,12,14-15,21-22H,6,11,13,16-17,26H2,(H2,27,31). The number of carbonyl (C=O) groups excluding carboxylic acids is 2. The second-order valence-corrected chi connectivity index (χ2v) is 8.27. The molecule has 1 saturated heterocycles. The summed E-state index contributed by atoms with van der Waals surface area (Å²) in [6, 6.07) is 16.9. The van der Waals surface area contributed by atoms with Crippen LogP contribution in [0.25, 0.3) is 0 Å². The highest BCUT2D eigenvalue weighted by Gasteiger charge is 2.41. The molecule has 160 valence electrons. The van der Waals surface area contributed by atoms with Crippen LogP contribution in [-0.2, 0) is 10.2 Å². The zero-order valence-electron chi connectivity index (χ0n) is 17.5. The molecule has 0 radical (unpaired) electrons. The Kier molecular flexibility index (Phi) is 6.00. The first-order chi connectivity index (χ1) is 15.0. The Bertz CT molecular complexity index is 1020. The van der Waals surface area contributed by atoms with E-state index >= 15 is 0 Å². The van der Waals surface area contributed by atoms with Gasteiger partial charge in [-0.15, -0.1) is 0 Å². The molecule has 2 aromatic carbocycles. The topological polar surface area (TPSA) is 102 Å². The van der Waals surface area contributed by atoms with Crippen molar-refractivity contribution in [3.8, 4) is 0 Å². The molecule has 4 rings (SSSR count). The van der Waals surface area contributed by atoms with Crippen LogP contribution in [0.1, 0.15) is 53.2 Å². The van der Waals surface area contributed by atoms with Gasteiger partial charge in [0.2, 0.25) is 11.8 Å². The summed E-state index contributed by atoms with van der Waals surface area (Å²) in [6.07, 6.45) is 7.99. The number of nitrogens with zero attached hydrogens (tertiary/aromatic N) is 2. The maximum atomic E-state index is 13.4. The number of benzene rings is 2. The minimum absolute atomic E-state index is 0.0331. The molecular weight excluding hydrogens is 388 g/mol. The molecule has 0 aliphatic carbocycles. The minimum atomic E-state index is -0.717. The monoisotopic (exact) mass is 416 g/mol. The summed E-state index contributed by atoms with van der Waals surface area (Å²) in [6.45, 7) is 0.729. The van der Waals surface area contributed by atoms with Crippen LogP contribution in [-0.4, -0.2) is 35.5 Å². The number of primary amides is 1. The lowest BCUT2D eigenvalue weighted by Gasteiger charge is -2.39. The number of rotatable bonds is 6. The molecule has 0 saturated carbocycles. The molecule has 1 fully saturated rings. The molecule has 0 spiro atoms. The fraction of sp³-hybridized carbons (Fsp3) is 0.320. The Morgan fingerprint density at radius 2 is 1.87 bits per heavy atom. The number of hydrogen-bond acceptors (Lipinski definition) is 4. The van der Waals surface area contributed by atoms with Crippen LogP contribution in [0, 0.1) is 0 Å². The van der Waals surface area contributed by atoms with Gasteiger partial charge < -0.3 is 16.4 Å². The van der Waals surface area contributed by atoms with Crippen molar-refractivity contribution in [2.45, 2.75) is 43.2 Å². The third-order valence-electron chi connectivity index (χ3n) is 6.50. The lowest BCUT2D eigenvalue weighted by atomic mass is 9.68. The molecule has 6 nitrogen and oxygen atoms in total. The minimum Gasteiger partial charge on any atom is -0.366 e. The van der Waals surface area contributed by atoms with E-state index in [2.05, 4.69) is 17.1 Å². The number of hydrogen-bond donors (Lipinski definition) is 2. The van der Waals surface area contributed by atoms with E-state index < -0.39 is 17.4 Å². The number of amides is 2. The van der Waals surface area contributed by atoms with Crippen LogP contribution in [0.4, 0.5) is 0 Å². The summed E-state index contributed by atoms with van der Waals surface area (Å²) in [5.74, 6) is -0.473. The van der Waals surface area contributed by atoms with Gasteiger partial charge in [-0.1, -0.05) is 54.6 Å². The molecule has 0 aromatic heterocycles. The first kappa shape index (κ1) is 21.0. The lowest BCUT2D eigenvalue weighted by molar-refractivity contribution is -0.132. The number of aliphatic imine (C=N–C) groups is 1. The van der Waals surface area contributed by atoms with Gasteiger partial charge in [-0.25, -0.2) is 0 Å². The smallest absolute Gasteiger partial charge is 0.249 e. The van der Waals surface area contributed by atoms with Crippen molar-refractivity contribution >= 4 is 18.0 Å². The van der Waals surface area contributed by atoms with Crippen LogP contribution in [0.5, 0.6) is 0 Å². The van der Waals surface area contributed by atoms with Crippen LogP contribution in [0.15, 0.2) is 71.9 Å². The Balaban J connectivity index is 1.61. The molecule has 2 amide bonds. The number of nitrogens with two attached hydrogens (primary N) is 2. The van der Waals surface area contributed by atoms with Crippen LogP contribution < -0.4 is 11.5 Å². The summed E-state index contributed by atoms with van der Waals surface area (Å²) in [5, 5.41) is 0. The van der Waals surface area contributed by atoms with Crippen LogP contribution in [0.2, 0.25) is 0 Å². The predicted octanol–water partition coefficient (Wildman–Crippen LogP) is 3.09. The quantitative estimate of drug-likeness (QED) is 0.756. The molecule has 31 heavy (non-hydrogen) atoms. The molecule has 2 aliphatic heterocycles. The zero-order valence-corrected chi connectivity index (χ0v) is 17.5. The van der Waals surface area contributed by atoms with Crippen molar-refractivity contribution in [2.75, 3.05) is 6.54 Å². The van der Waals surface area contributed by atoms with Crippen LogP contribution in [0.3, 0.4) is 0 Å². The SMILES string of the molecule is NC(=O)c1ccccc1C1(C(N)CC(=O)N2CCCC2c2ccccc2)C=CN=CC1. The van der Waals surface area contributed by atoms with E-state index in [1.54, 1.807) is 24.5 Å². The Morgan fingerprint density at radius 1 is 1.13 bits per heavy atom. The van der Waals surface area contributed by atoms with Crippen molar-refractivity contribution in [2.24, 2.45) is 16.5 Å². The fourth-order valence-electron chi connectivity index (χ4n) is 4.86. The summed E-state index contributed by atoms with van der Waals surface area (Å²) in [4.78, 5) is 31.6. The molecule has 6 heteroatoms. The van der Waals surface area contributed by atoms with Gasteiger partial charge in [-0.2, -0.15) is 0 Å². The highest BCUT2D eigenvalue weighted by Crippen LogP contribution is 2.39. The first-order valence-corrected chi connectivity index (χ1v) is 10.7. The molecule has 2 heterocycles. The Labute approximate surface area is 182 Å². The van der Waals surface area contributed by atoms with Gasteiger partial charge in [0, 0.05) is 42.4 Å². The van der Waals surface area contributed by atoms with Gasteiger partial charge in [0.05, 0.1) is 6.04 Å². The van der Waals surface area contributed by atoms with Crippen molar-refractivity contribution < 1.29 is 9.59 Å². The maximum absolute atomic E-state index is 13.4. The van der Waals surface area contributed by atoms with E-state index in [4.69, 9.17) is 11.5 Å². The third kappa shape index (κ3) is 4.03. The van der Waals surface area contributed by atoms with Crippen molar-refractivity contribution in [1.82, 2.24) is 4.90 Å². The number of carbonyl (C=O) groups is 2. The van der Waals surface area contributed by atoms with Gasteiger partial charge in [-0.05, 0) is 36.5 Å². The molecule has 0 bridgehead atoms. The van der Waals surface area contributed by atoms with Crippen LogP contribution >= 0.6 is 0 Å². The molecule has 4 N–H and O–H groups in total. The summed E-state index contributed by atoms with van der Waals surface area (Å²) < 4.78 is 0. The maximum Gasteiger partial charge on any atom is 0.249 e. The Hall–Kier alpha value is -3.25. The molecule has 2 aliphatic rings. The fourth-order valence-corrected chi connectivity index (χ4v) is 4.86. The van der Waals surface area contributed by atoms with E-state index in [0.29, 0.717) is 12.0 Å². The lowest BCUT2D eigenvalue weighted by Crippen LogP contribution is -2.49. The second kappa shape index (κ2) is 8.86. The predicted molar refractivity (Wildman–Crippen MR) is 122 cm³/mol. The van der Waals surface area contributed by atoms with E-state index in [1.165, 1.54) is 0 Å². The third-order valence-corrected chi connectivity index (χ3v) is 6.50. The molecular formula is C25H28N4O2. The highest BCUT2D eigenvalue weighted by molar-refractivity contribution is 5.95. The summed E-state index contributed by atoms with van der Waals surface area (Å²) >= 11 is 0. The normalized spacial score (nSPS) is 23.6. The van der Waals surface area contributed by atoms with E-state index in [0.717, 1.165) is 30.5 Å². The van der Waals surface area contributed by atoms with Crippen molar-refractivity contribution in [3.63, 3.8) is 0 Å². The molecule has 3 unspecified atom stereocenters. The average Bonchev–Trinajstić information content (AvgIpc) is 3.30. The van der Waals surface area contributed by atoms with Crippen molar-refractivity contribution in [3.05, 3.63) is 83.6 Å². The van der Waals surface area contributed by atoms with Gasteiger partial charge in [0.1, 0.15) is 0 Å². The largest absolute Gasteiger partial charge is 0.366 e. The van der Waals surface area contributed by atoms with Gasteiger partial charge in [0.25, 0.3) is 0 Å². The summed E-state index contributed by atoms with van der Waals surface area (Å²) in [5.41, 5.74) is 14.0. The average molecular weight is 417 g/mol.